The Kier molecular flexibility index (Phi) is 6.08. The molecular weight excluding hydrogens is 448 g/mol. The zero-order chi connectivity index (χ0) is 23.8. The molecule has 3 aromatic rings. The molecule has 0 spiro atoms. The van der Waals surface area contributed by atoms with Crippen molar-refractivity contribution < 1.29 is 14.4 Å². The maximum atomic E-state index is 13.1. The first kappa shape index (κ1) is 22.5. The molecule has 2 saturated heterocycles. The Hall–Kier alpha value is -3.26. The van der Waals surface area contributed by atoms with Crippen LogP contribution >= 0.6 is 11.3 Å². The Morgan fingerprint density at radius 1 is 1.00 bits per heavy atom. The lowest BCUT2D eigenvalue weighted by Crippen LogP contribution is -2.44. The van der Waals surface area contributed by atoms with Crippen LogP contribution in [0.5, 0.6) is 0 Å². The summed E-state index contributed by atoms with van der Waals surface area (Å²) in [6.45, 7) is 5.52. The molecule has 0 saturated carbocycles. The average molecular weight is 477 g/mol. The molecule has 1 N–H and O–H groups in total. The number of piperidine rings is 1. The van der Waals surface area contributed by atoms with E-state index in [9.17, 15) is 14.4 Å². The number of aromatic nitrogens is 1. The molecule has 3 heterocycles. The molecule has 3 amide bonds. The summed E-state index contributed by atoms with van der Waals surface area (Å²) in [6, 6.07) is 13.9. The zero-order valence-electron chi connectivity index (χ0n) is 19.4. The summed E-state index contributed by atoms with van der Waals surface area (Å²) in [5, 5.41) is 3.58. The first-order valence-electron chi connectivity index (χ1n) is 11.7. The highest BCUT2D eigenvalue weighted by molar-refractivity contribution is 7.22. The van der Waals surface area contributed by atoms with Crippen LogP contribution in [-0.2, 0) is 14.4 Å². The van der Waals surface area contributed by atoms with Crippen LogP contribution in [0.25, 0.3) is 10.2 Å². The second-order valence-electron chi connectivity index (χ2n) is 9.32. The molecule has 5 rings (SSSR count). The van der Waals surface area contributed by atoms with Crippen LogP contribution in [0.2, 0.25) is 0 Å². The van der Waals surface area contributed by atoms with E-state index in [-0.39, 0.29) is 36.0 Å². The predicted molar refractivity (Wildman–Crippen MR) is 134 cm³/mol. The van der Waals surface area contributed by atoms with Gasteiger partial charge in [-0.3, -0.25) is 14.4 Å². The fourth-order valence-corrected chi connectivity index (χ4v) is 5.73. The lowest BCUT2D eigenvalue weighted by atomic mass is 9.94. The Balaban J connectivity index is 1.15. The van der Waals surface area contributed by atoms with Crippen LogP contribution in [0.15, 0.2) is 42.5 Å². The van der Waals surface area contributed by atoms with Crippen LogP contribution in [0, 0.1) is 25.7 Å². The summed E-state index contributed by atoms with van der Waals surface area (Å²) in [4.78, 5) is 46.5. The fourth-order valence-electron chi connectivity index (χ4n) is 4.76. The third kappa shape index (κ3) is 4.55. The van der Waals surface area contributed by atoms with E-state index >= 15 is 0 Å². The summed E-state index contributed by atoms with van der Waals surface area (Å²) in [5.41, 5.74) is 4.02. The van der Waals surface area contributed by atoms with E-state index in [2.05, 4.69) is 16.4 Å². The molecule has 8 heteroatoms. The van der Waals surface area contributed by atoms with Gasteiger partial charge in [0.2, 0.25) is 17.7 Å². The second kappa shape index (κ2) is 9.18. The van der Waals surface area contributed by atoms with Crippen molar-refractivity contribution >= 4 is 50.1 Å². The van der Waals surface area contributed by atoms with Crippen molar-refractivity contribution in [3.63, 3.8) is 0 Å². The van der Waals surface area contributed by atoms with Crippen molar-refractivity contribution in [2.24, 2.45) is 11.8 Å². The summed E-state index contributed by atoms with van der Waals surface area (Å²) < 4.78 is 1.06. The van der Waals surface area contributed by atoms with Gasteiger partial charge in [0.25, 0.3) is 0 Å². The highest BCUT2D eigenvalue weighted by atomic mass is 32.1. The molecule has 34 heavy (non-hydrogen) atoms. The minimum absolute atomic E-state index is 0.0116. The van der Waals surface area contributed by atoms with Gasteiger partial charge in [-0.25, -0.2) is 4.98 Å². The van der Waals surface area contributed by atoms with E-state index in [1.807, 2.05) is 55.1 Å². The number of aryl methyl sites for hydroxylation is 2. The van der Waals surface area contributed by atoms with Gasteiger partial charge in [0.05, 0.1) is 16.1 Å². The summed E-state index contributed by atoms with van der Waals surface area (Å²) in [6.07, 6.45) is 1.47. The van der Waals surface area contributed by atoms with Gasteiger partial charge in [-0.2, -0.15) is 0 Å². The number of nitrogens with zero attached hydrogens (tertiary/aromatic N) is 3. The molecule has 2 fully saturated rings. The number of carbonyl (C=O) groups excluding carboxylic acids is 3. The standard InChI is InChI=1S/C26H28N4O3S/c1-16-3-6-20(7-4-16)30-15-19(14-23(30)31)25(33)29-11-9-18(10-12-29)24(32)28-26-27-21-8-5-17(2)13-22(21)34-26/h3-8,13,18-19H,9-12,14-15H2,1-2H3,(H,27,28,32). The van der Waals surface area contributed by atoms with E-state index in [1.165, 1.54) is 11.3 Å². The molecule has 0 bridgehead atoms. The number of nitrogens with one attached hydrogen (secondary N) is 1. The molecule has 1 aromatic heterocycles. The Morgan fingerprint density at radius 2 is 1.71 bits per heavy atom. The number of anilines is 2. The zero-order valence-corrected chi connectivity index (χ0v) is 20.2. The number of carbonyl (C=O) groups is 3. The molecule has 1 unspecified atom stereocenters. The van der Waals surface area contributed by atoms with Gasteiger partial charge in [-0.05, 0) is 56.5 Å². The molecule has 2 aliphatic heterocycles. The normalized spacial score (nSPS) is 19.1. The molecule has 0 radical (unpaired) electrons. The van der Waals surface area contributed by atoms with Crippen molar-refractivity contribution in [2.75, 3.05) is 29.9 Å². The maximum absolute atomic E-state index is 13.1. The third-order valence-electron chi connectivity index (χ3n) is 6.77. The minimum Gasteiger partial charge on any atom is -0.342 e. The van der Waals surface area contributed by atoms with Gasteiger partial charge in [0.15, 0.2) is 5.13 Å². The maximum Gasteiger partial charge on any atom is 0.229 e. The molecule has 0 aliphatic carbocycles. The van der Waals surface area contributed by atoms with Crippen LogP contribution in [0.4, 0.5) is 10.8 Å². The minimum atomic E-state index is -0.328. The number of amides is 3. The van der Waals surface area contributed by atoms with Crippen LogP contribution in [-0.4, -0.2) is 47.2 Å². The van der Waals surface area contributed by atoms with Gasteiger partial charge in [-0.1, -0.05) is 35.1 Å². The van der Waals surface area contributed by atoms with Crippen molar-refractivity contribution in [2.45, 2.75) is 33.1 Å². The van der Waals surface area contributed by atoms with E-state index in [4.69, 9.17) is 0 Å². The van der Waals surface area contributed by atoms with Crippen LogP contribution < -0.4 is 10.2 Å². The van der Waals surface area contributed by atoms with Gasteiger partial charge in [-0.15, -0.1) is 0 Å². The average Bonchev–Trinajstić information content (AvgIpc) is 3.41. The highest BCUT2D eigenvalue weighted by Gasteiger charge is 2.38. The largest absolute Gasteiger partial charge is 0.342 e. The molecule has 1 atom stereocenters. The topological polar surface area (TPSA) is 82.6 Å². The first-order chi connectivity index (χ1) is 16.4. The number of hydrogen-bond donors (Lipinski definition) is 1. The molecule has 2 aromatic carbocycles. The van der Waals surface area contributed by atoms with E-state index in [0.29, 0.717) is 37.6 Å². The summed E-state index contributed by atoms with van der Waals surface area (Å²) in [5.74, 6) is -0.507. The van der Waals surface area contributed by atoms with E-state index < -0.39 is 0 Å². The van der Waals surface area contributed by atoms with Gasteiger partial charge < -0.3 is 15.1 Å². The first-order valence-corrected chi connectivity index (χ1v) is 12.5. The molecule has 176 valence electrons. The smallest absolute Gasteiger partial charge is 0.229 e. The Bertz CT molecular complexity index is 1240. The van der Waals surface area contributed by atoms with Crippen LogP contribution in [0.1, 0.15) is 30.4 Å². The van der Waals surface area contributed by atoms with E-state index in [1.54, 1.807) is 4.90 Å². The van der Waals surface area contributed by atoms with Gasteiger partial charge in [0, 0.05) is 37.7 Å². The molecular formula is C26H28N4O3S. The summed E-state index contributed by atoms with van der Waals surface area (Å²) >= 11 is 1.48. The summed E-state index contributed by atoms with van der Waals surface area (Å²) in [7, 11) is 0. The number of likely N-dealkylation sites (tertiary alicyclic amines) is 1. The molecule has 7 nitrogen and oxygen atoms in total. The number of rotatable bonds is 4. The quantitative estimate of drug-likeness (QED) is 0.614. The monoisotopic (exact) mass is 476 g/mol. The number of hydrogen-bond acceptors (Lipinski definition) is 5. The number of benzene rings is 2. The number of thiazole rings is 1. The Morgan fingerprint density at radius 3 is 2.44 bits per heavy atom. The lowest BCUT2D eigenvalue weighted by Gasteiger charge is -2.32. The van der Waals surface area contributed by atoms with Crippen molar-refractivity contribution in [1.82, 2.24) is 9.88 Å². The van der Waals surface area contributed by atoms with Crippen LogP contribution in [0.3, 0.4) is 0 Å². The predicted octanol–water partition coefficient (Wildman–Crippen LogP) is 4.14. The highest BCUT2D eigenvalue weighted by Crippen LogP contribution is 2.30. The second-order valence-corrected chi connectivity index (χ2v) is 10.4. The third-order valence-corrected chi connectivity index (χ3v) is 7.71. The Labute approximate surface area is 202 Å². The van der Waals surface area contributed by atoms with Gasteiger partial charge in [0.1, 0.15) is 0 Å². The van der Waals surface area contributed by atoms with Crippen molar-refractivity contribution in [1.29, 1.82) is 0 Å². The fraction of sp³-hybridized carbons (Fsp3) is 0.385. The lowest BCUT2D eigenvalue weighted by molar-refractivity contribution is -0.138. The number of fused-ring (bicyclic) bond motifs is 1. The van der Waals surface area contributed by atoms with Crippen molar-refractivity contribution in [3.05, 3.63) is 53.6 Å². The van der Waals surface area contributed by atoms with Gasteiger partial charge >= 0.3 is 0 Å². The molecule has 2 aliphatic rings. The van der Waals surface area contributed by atoms with E-state index in [0.717, 1.165) is 27.0 Å². The van der Waals surface area contributed by atoms with Crippen molar-refractivity contribution in [3.8, 4) is 0 Å². The SMILES string of the molecule is Cc1ccc(N2CC(C(=O)N3CCC(C(=O)Nc4nc5ccc(C)cc5s4)CC3)CC2=O)cc1.